The van der Waals surface area contributed by atoms with E-state index in [0.29, 0.717) is 45.3 Å². The Morgan fingerprint density at radius 3 is 2.44 bits per heavy atom. The molecular weight excluding hydrogens is 476 g/mol. The lowest BCUT2D eigenvalue weighted by molar-refractivity contribution is 0.0729. The van der Waals surface area contributed by atoms with Gasteiger partial charge in [0.2, 0.25) is 5.78 Å². The predicted molar refractivity (Wildman–Crippen MR) is 123 cm³/mol. The van der Waals surface area contributed by atoms with E-state index in [0.717, 1.165) is 4.47 Å². The molecule has 4 rings (SSSR count). The first-order valence-electron chi connectivity index (χ1n) is 9.69. The Morgan fingerprint density at radius 2 is 1.69 bits per heavy atom. The van der Waals surface area contributed by atoms with Crippen LogP contribution in [0.3, 0.4) is 0 Å². The molecule has 1 heterocycles. The Hall–Kier alpha value is -3.58. The molecule has 3 aromatic carbocycles. The molecule has 0 N–H and O–H groups in total. The number of carbonyl (C=O) groups is 2. The summed E-state index contributed by atoms with van der Waals surface area (Å²) < 4.78 is 22.9. The van der Waals surface area contributed by atoms with Gasteiger partial charge in [0.05, 0.1) is 19.8 Å². The number of ketones is 1. The summed E-state index contributed by atoms with van der Waals surface area (Å²) in [7, 11) is 3.05. The van der Waals surface area contributed by atoms with Crippen LogP contribution in [-0.4, -0.2) is 26.0 Å². The number of esters is 1. The number of carbonyl (C=O) groups excluding carboxylic acids is 2. The minimum Gasteiger partial charge on any atom is -0.496 e. The quantitative estimate of drug-likeness (QED) is 0.260. The van der Waals surface area contributed by atoms with Crippen molar-refractivity contribution in [3.63, 3.8) is 0 Å². The van der Waals surface area contributed by atoms with Crippen LogP contribution >= 0.6 is 15.9 Å². The zero-order valence-electron chi connectivity index (χ0n) is 17.6. The van der Waals surface area contributed by atoms with Crippen LogP contribution in [-0.2, 0) is 0 Å². The van der Waals surface area contributed by atoms with Gasteiger partial charge in [0.25, 0.3) is 0 Å². The molecule has 0 fully saturated rings. The molecule has 6 nitrogen and oxygen atoms in total. The molecule has 0 saturated carbocycles. The second-order valence-corrected chi connectivity index (χ2v) is 7.90. The molecule has 0 unspecified atom stereocenters. The molecule has 0 aromatic heterocycles. The number of rotatable bonds is 5. The highest BCUT2D eigenvalue weighted by Crippen LogP contribution is 2.40. The fourth-order valence-corrected chi connectivity index (χ4v) is 3.78. The van der Waals surface area contributed by atoms with Crippen LogP contribution in [0, 0.1) is 6.92 Å². The number of benzene rings is 3. The molecule has 1 aliphatic rings. The summed E-state index contributed by atoms with van der Waals surface area (Å²) >= 11 is 3.42. The Balaban J connectivity index is 1.65. The van der Waals surface area contributed by atoms with Gasteiger partial charge in [0.15, 0.2) is 5.76 Å². The Morgan fingerprint density at radius 1 is 0.969 bits per heavy atom. The van der Waals surface area contributed by atoms with Gasteiger partial charge in [-0.25, -0.2) is 4.79 Å². The number of fused-ring (bicyclic) bond motifs is 1. The standard InChI is InChI=1S/C25H19BrO6/c1-14-19(32-25(28)17-6-4-5-7-21(17)30-3)11-9-18-23(27)22(31-24(14)18)13-15-12-16(26)8-10-20(15)29-2/h4-13H,1-3H3/b22-13-. The molecule has 0 radical (unpaired) electrons. The summed E-state index contributed by atoms with van der Waals surface area (Å²) in [5, 5.41) is 0. The molecule has 0 saturated heterocycles. The van der Waals surface area contributed by atoms with E-state index in [-0.39, 0.29) is 11.5 Å². The van der Waals surface area contributed by atoms with E-state index in [4.69, 9.17) is 18.9 Å². The number of hydrogen-bond donors (Lipinski definition) is 0. The smallest absolute Gasteiger partial charge is 0.347 e. The van der Waals surface area contributed by atoms with E-state index < -0.39 is 5.97 Å². The summed E-state index contributed by atoms with van der Waals surface area (Å²) in [6, 6.07) is 15.5. The summed E-state index contributed by atoms with van der Waals surface area (Å²) in [4.78, 5) is 25.6. The first kappa shape index (κ1) is 21.6. The number of methoxy groups -OCH3 is 2. The average molecular weight is 495 g/mol. The van der Waals surface area contributed by atoms with Crippen LogP contribution < -0.4 is 18.9 Å². The van der Waals surface area contributed by atoms with Gasteiger partial charge in [0, 0.05) is 15.6 Å². The molecule has 0 amide bonds. The van der Waals surface area contributed by atoms with E-state index >= 15 is 0 Å². The summed E-state index contributed by atoms with van der Waals surface area (Å²) in [5.41, 5.74) is 1.94. The minimum atomic E-state index is -0.565. The fraction of sp³-hybridized carbons (Fsp3) is 0.120. The van der Waals surface area contributed by atoms with Crippen LogP contribution in [0.15, 0.2) is 64.8 Å². The zero-order valence-corrected chi connectivity index (χ0v) is 19.2. The van der Waals surface area contributed by atoms with Crippen molar-refractivity contribution >= 4 is 33.8 Å². The number of para-hydroxylation sites is 1. The van der Waals surface area contributed by atoms with Crippen LogP contribution in [0.4, 0.5) is 0 Å². The monoisotopic (exact) mass is 494 g/mol. The number of ether oxygens (including phenoxy) is 4. The van der Waals surface area contributed by atoms with Gasteiger partial charge in [-0.2, -0.15) is 0 Å². The van der Waals surface area contributed by atoms with E-state index in [2.05, 4.69) is 15.9 Å². The molecule has 0 spiro atoms. The van der Waals surface area contributed by atoms with Crippen molar-refractivity contribution in [3.8, 4) is 23.0 Å². The van der Waals surface area contributed by atoms with Crippen LogP contribution in [0.1, 0.15) is 31.8 Å². The van der Waals surface area contributed by atoms with E-state index in [1.165, 1.54) is 7.11 Å². The molecule has 32 heavy (non-hydrogen) atoms. The summed E-state index contributed by atoms with van der Waals surface area (Å²) in [6.07, 6.45) is 1.63. The van der Waals surface area contributed by atoms with Crippen molar-refractivity contribution in [2.45, 2.75) is 6.92 Å². The molecule has 3 aromatic rings. The van der Waals surface area contributed by atoms with Crippen molar-refractivity contribution in [3.05, 3.63) is 87.1 Å². The first-order chi connectivity index (χ1) is 15.4. The Bertz CT molecular complexity index is 1260. The summed E-state index contributed by atoms with van der Waals surface area (Å²) in [6.45, 7) is 1.74. The third kappa shape index (κ3) is 3.99. The van der Waals surface area contributed by atoms with Gasteiger partial charge in [-0.1, -0.05) is 28.1 Å². The summed E-state index contributed by atoms with van der Waals surface area (Å²) in [5.74, 6) is 1.02. The van der Waals surface area contributed by atoms with E-state index in [9.17, 15) is 9.59 Å². The largest absolute Gasteiger partial charge is 0.496 e. The second-order valence-electron chi connectivity index (χ2n) is 6.98. The van der Waals surface area contributed by atoms with Gasteiger partial charge in [-0.3, -0.25) is 4.79 Å². The van der Waals surface area contributed by atoms with E-state index in [1.807, 2.05) is 12.1 Å². The minimum absolute atomic E-state index is 0.160. The van der Waals surface area contributed by atoms with Gasteiger partial charge in [-0.05, 0) is 55.5 Å². The number of allylic oxidation sites excluding steroid dienone is 1. The molecule has 7 heteroatoms. The maximum Gasteiger partial charge on any atom is 0.347 e. The highest BCUT2D eigenvalue weighted by atomic mass is 79.9. The van der Waals surface area contributed by atoms with Crippen molar-refractivity contribution < 1.29 is 28.5 Å². The molecule has 0 atom stereocenters. The SMILES string of the molecule is COc1ccc(Br)cc1/C=C1\Oc2c(ccc(OC(=O)c3ccccc3OC)c2C)C1=O. The Kier molecular flexibility index (Phi) is 6.01. The first-order valence-corrected chi connectivity index (χ1v) is 10.5. The van der Waals surface area contributed by atoms with Gasteiger partial charge in [-0.15, -0.1) is 0 Å². The average Bonchev–Trinajstić information content (AvgIpc) is 3.11. The highest BCUT2D eigenvalue weighted by molar-refractivity contribution is 9.10. The third-order valence-corrected chi connectivity index (χ3v) is 5.54. The van der Waals surface area contributed by atoms with Crippen molar-refractivity contribution in [1.29, 1.82) is 0 Å². The maximum absolute atomic E-state index is 12.9. The molecule has 162 valence electrons. The number of halogens is 1. The van der Waals surface area contributed by atoms with Crippen LogP contribution in [0.2, 0.25) is 0 Å². The molecule has 1 aliphatic heterocycles. The van der Waals surface area contributed by atoms with E-state index in [1.54, 1.807) is 62.6 Å². The van der Waals surface area contributed by atoms with Gasteiger partial charge >= 0.3 is 5.97 Å². The van der Waals surface area contributed by atoms with Gasteiger partial charge in [0.1, 0.15) is 28.6 Å². The fourth-order valence-electron chi connectivity index (χ4n) is 3.41. The van der Waals surface area contributed by atoms with Crippen molar-refractivity contribution in [2.24, 2.45) is 0 Å². The predicted octanol–water partition coefficient (Wildman–Crippen LogP) is 5.61. The number of Topliss-reactive ketones (excluding diaryl/α,β-unsaturated/α-hetero) is 1. The van der Waals surface area contributed by atoms with Gasteiger partial charge < -0.3 is 18.9 Å². The van der Waals surface area contributed by atoms with Crippen LogP contribution in [0.5, 0.6) is 23.0 Å². The van der Waals surface area contributed by atoms with Crippen molar-refractivity contribution in [1.82, 2.24) is 0 Å². The zero-order chi connectivity index (χ0) is 22.8. The number of hydrogen-bond acceptors (Lipinski definition) is 6. The highest BCUT2D eigenvalue weighted by Gasteiger charge is 2.31. The third-order valence-electron chi connectivity index (χ3n) is 5.04. The molecule has 0 bridgehead atoms. The lowest BCUT2D eigenvalue weighted by Gasteiger charge is -2.11. The maximum atomic E-state index is 12.9. The van der Waals surface area contributed by atoms with Crippen LogP contribution in [0.25, 0.3) is 6.08 Å². The normalized spacial score (nSPS) is 13.5. The molecule has 0 aliphatic carbocycles. The Labute approximate surface area is 193 Å². The lowest BCUT2D eigenvalue weighted by atomic mass is 10.1. The topological polar surface area (TPSA) is 71.1 Å². The molecular formula is C25H19BrO6. The second kappa shape index (κ2) is 8.88. The lowest BCUT2D eigenvalue weighted by Crippen LogP contribution is -2.11. The van der Waals surface area contributed by atoms with Crippen molar-refractivity contribution in [2.75, 3.05) is 14.2 Å².